The Labute approximate surface area is 172 Å². The van der Waals surface area contributed by atoms with Gasteiger partial charge in [0.2, 0.25) is 5.89 Å². The molecule has 26 heavy (non-hydrogen) atoms. The summed E-state index contributed by atoms with van der Waals surface area (Å²) in [7, 11) is 0. The van der Waals surface area contributed by atoms with E-state index in [0.717, 1.165) is 0 Å². The van der Waals surface area contributed by atoms with Crippen LogP contribution in [0.25, 0.3) is 0 Å². The third-order valence-corrected chi connectivity index (χ3v) is 4.76. The van der Waals surface area contributed by atoms with E-state index in [1.54, 1.807) is 26.0 Å². The number of hydrogen-bond donors (Lipinski definition) is 2. The lowest BCUT2D eigenvalue weighted by Gasteiger charge is -2.04. The number of aromatic nitrogens is 1. The summed E-state index contributed by atoms with van der Waals surface area (Å²) in [4.78, 5) is 16.1. The van der Waals surface area contributed by atoms with Crippen molar-refractivity contribution in [2.75, 3.05) is 0 Å². The lowest BCUT2D eigenvalue weighted by atomic mass is 10.4. The van der Waals surface area contributed by atoms with Crippen molar-refractivity contribution < 1.29 is 13.9 Å². The van der Waals surface area contributed by atoms with Crippen molar-refractivity contribution in [2.24, 2.45) is 0 Å². The van der Waals surface area contributed by atoms with Crippen molar-refractivity contribution >= 4 is 53.4 Å². The van der Waals surface area contributed by atoms with Crippen molar-refractivity contribution in [3.05, 3.63) is 45.0 Å². The van der Waals surface area contributed by atoms with Gasteiger partial charge in [0, 0.05) is 16.0 Å². The molecule has 0 spiro atoms. The first-order valence-corrected chi connectivity index (χ1v) is 9.56. The summed E-state index contributed by atoms with van der Waals surface area (Å²) in [5.41, 5.74) is 0.237. The normalized spacial score (nSPS) is 13.3. The van der Waals surface area contributed by atoms with E-state index in [1.807, 2.05) is 0 Å². The van der Waals surface area contributed by atoms with Gasteiger partial charge in [-0.15, -0.1) is 12.6 Å². The summed E-state index contributed by atoms with van der Waals surface area (Å²) in [6, 6.07) is 3.78. The van der Waals surface area contributed by atoms with E-state index < -0.39 is 5.97 Å². The molecule has 3 rings (SSSR count). The third kappa shape index (κ3) is 7.00. The molecule has 1 N–H and O–H groups in total. The molecule has 1 aliphatic carbocycles. The number of carbonyl (C=O) groups is 1. The van der Waals surface area contributed by atoms with Crippen LogP contribution in [0.1, 0.15) is 43.1 Å². The van der Waals surface area contributed by atoms with Crippen molar-refractivity contribution in [3.8, 4) is 0 Å². The quantitative estimate of drug-likeness (QED) is 0.482. The van der Waals surface area contributed by atoms with Gasteiger partial charge in [0.1, 0.15) is 6.26 Å². The first-order valence-electron chi connectivity index (χ1n) is 7.98. The average molecular weight is 438 g/mol. The highest BCUT2D eigenvalue weighted by Gasteiger charge is 2.21. The molecule has 0 saturated heterocycles. The van der Waals surface area contributed by atoms with Gasteiger partial charge in [-0.25, -0.2) is 9.78 Å². The van der Waals surface area contributed by atoms with E-state index in [0.29, 0.717) is 38.4 Å². The molecule has 9 heteroatoms. The fourth-order valence-corrected chi connectivity index (χ4v) is 2.76. The SMILES string of the molecule is CC(C)OC(=O)c1coc(CNC2CC2)n1.Sc1c(Cl)cc(Cl)cc1Cl. The Balaban J connectivity index is 0.000000209. The van der Waals surface area contributed by atoms with Gasteiger partial charge in [-0.2, -0.15) is 0 Å². The molecule has 0 atom stereocenters. The van der Waals surface area contributed by atoms with E-state index in [-0.39, 0.29) is 11.8 Å². The van der Waals surface area contributed by atoms with E-state index in [9.17, 15) is 4.79 Å². The van der Waals surface area contributed by atoms with Crippen molar-refractivity contribution in [1.29, 1.82) is 0 Å². The minimum Gasteiger partial charge on any atom is -0.458 e. The van der Waals surface area contributed by atoms with Gasteiger partial charge in [-0.3, -0.25) is 0 Å². The van der Waals surface area contributed by atoms with Crippen LogP contribution in [0.2, 0.25) is 15.1 Å². The van der Waals surface area contributed by atoms with E-state index in [1.165, 1.54) is 19.1 Å². The smallest absolute Gasteiger partial charge is 0.360 e. The highest BCUT2D eigenvalue weighted by Crippen LogP contribution is 2.31. The predicted octanol–water partition coefficient (Wildman–Crippen LogP) is 5.43. The summed E-state index contributed by atoms with van der Waals surface area (Å²) < 4.78 is 10.2. The van der Waals surface area contributed by atoms with Gasteiger partial charge in [0.05, 0.1) is 22.7 Å². The van der Waals surface area contributed by atoms with Crippen LogP contribution in [0.5, 0.6) is 0 Å². The second-order valence-electron chi connectivity index (χ2n) is 5.95. The maximum Gasteiger partial charge on any atom is 0.360 e. The molecule has 142 valence electrons. The predicted molar refractivity (Wildman–Crippen MR) is 106 cm³/mol. The number of hydrogen-bond acceptors (Lipinski definition) is 6. The third-order valence-electron chi connectivity index (χ3n) is 3.20. The van der Waals surface area contributed by atoms with E-state index in [4.69, 9.17) is 44.0 Å². The minimum atomic E-state index is -0.434. The van der Waals surface area contributed by atoms with E-state index in [2.05, 4.69) is 22.9 Å². The molecule has 1 fully saturated rings. The lowest BCUT2D eigenvalue weighted by molar-refractivity contribution is 0.0371. The Morgan fingerprint density at radius 3 is 2.50 bits per heavy atom. The van der Waals surface area contributed by atoms with Gasteiger partial charge in [-0.05, 0) is 38.8 Å². The Bertz CT molecular complexity index is 740. The first-order chi connectivity index (χ1) is 12.3. The van der Waals surface area contributed by atoms with Gasteiger partial charge >= 0.3 is 5.97 Å². The van der Waals surface area contributed by atoms with Crippen molar-refractivity contribution in [3.63, 3.8) is 0 Å². The lowest BCUT2D eigenvalue weighted by Crippen LogP contribution is -2.16. The minimum absolute atomic E-state index is 0.141. The average Bonchev–Trinajstić information content (AvgIpc) is 3.26. The number of nitrogens with one attached hydrogen (secondary N) is 1. The van der Waals surface area contributed by atoms with Crippen LogP contribution in [0.15, 0.2) is 27.7 Å². The summed E-state index contributed by atoms with van der Waals surface area (Å²) in [5, 5.41) is 4.72. The van der Waals surface area contributed by atoms with Crippen LogP contribution in [0.3, 0.4) is 0 Å². The van der Waals surface area contributed by atoms with Gasteiger partial charge in [0.25, 0.3) is 0 Å². The molecular weight excluding hydrogens is 419 g/mol. The number of halogens is 3. The molecule has 2 aromatic rings. The highest BCUT2D eigenvalue weighted by molar-refractivity contribution is 7.80. The first kappa shape index (κ1) is 21.4. The molecule has 1 saturated carbocycles. The topological polar surface area (TPSA) is 64.4 Å². The molecule has 1 aliphatic rings. The summed E-state index contributed by atoms with van der Waals surface area (Å²) in [6.07, 6.45) is 3.62. The van der Waals surface area contributed by atoms with Crippen molar-refractivity contribution in [1.82, 2.24) is 10.3 Å². The summed E-state index contributed by atoms with van der Waals surface area (Å²) in [6.45, 7) is 4.17. The molecule has 0 amide bonds. The second kappa shape index (κ2) is 9.85. The molecular formula is C17H19Cl3N2O3S. The zero-order valence-corrected chi connectivity index (χ0v) is 17.4. The molecule has 0 bridgehead atoms. The number of nitrogens with zero attached hydrogens (tertiary/aromatic N) is 1. The molecule has 1 aromatic carbocycles. The van der Waals surface area contributed by atoms with Gasteiger partial charge in [0.15, 0.2) is 5.69 Å². The zero-order valence-electron chi connectivity index (χ0n) is 14.3. The number of rotatable bonds is 5. The van der Waals surface area contributed by atoms with Crippen LogP contribution < -0.4 is 5.32 Å². The number of oxazole rings is 1. The Morgan fingerprint density at radius 2 is 1.96 bits per heavy atom. The van der Waals surface area contributed by atoms with Crippen LogP contribution in [-0.4, -0.2) is 23.1 Å². The molecule has 5 nitrogen and oxygen atoms in total. The molecule has 1 aromatic heterocycles. The Morgan fingerprint density at radius 1 is 1.35 bits per heavy atom. The Hall–Kier alpha value is -0.920. The largest absolute Gasteiger partial charge is 0.458 e. The molecule has 0 unspecified atom stereocenters. The fourth-order valence-electron chi connectivity index (χ4n) is 1.81. The molecule has 0 radical (unpaired) electrons. The number of ether oxygens (including phenoxy) is 1. The monoisotopic (exact) mass is 436 g/mol. The fraction of sp³-hybridized carbons (Fsp3) is 0.412. The standard InChI is InChI=1S/C11H16N2O3.C6H3Cl3S/c1-7(2)16-11(14)9-6-15-10(13-9)5-12-8-3-4-8;7-3-1-4(8)6(10)5(9)2-3/h6-8,12H,3-5H2,1-2H3;1-2,10H. The highest BCUT2D eigenvalue weighted by atomic mass is 35.5. The number of esters is 1. The molecule has 1 heterocycles. The van der Waals surface area contributed by atoms with Crippen molar-refractivity contribution in [2.45, 2.75) is 50.3 Å². The second-order valence-corrected chi connectivity index (χ2v) is 7.65. The molecule has 0 aliphatic heterocycles. The van der Waals surface area contributed by atoms with E-state index >= 15 is 0 Å². The van der Waals surface area contributed by atoms with Crippen LogP contribution >= 0.6 is 47.4 Å². The number of carbonyl (C=O) groups excluding carboxylic acids is 1. The number of benzene rings is 1. The van der Waals surface area contributed by atoms with Gasteiger partial charge < -0.3 is 14.5 Å². The van der Waals surface area contributed by atoms with Crippen LogP contribution in [0.4, 0.5) is 0 Å². The zero-order chi connectivity index (χ0) is 19.3. The van der Waals surface area contributed by atoms with Crippen LogP contribution in [0, 0.1) is 0 Å². The summed E-state index contributed by atoms with van der Waals surface area (Å²) in [5.74, 6) is 0.0963. The maximum absolute atomic E-state index is 11.5. The number of thiol groups is 1. The van der Waals surface area contributed by atoms with Crippen LogP contribution in [-0.2, 0) is 11.3 Å². The Kier molecular flexibility index (Phi) is 8.10. The maximum atomic E-state index is 11.5. The van der Waals surface area contributed by atoms with Gasteiger partial charge in [-0.1, -0.05) is 34.8 Å². The summed E-state index contributed by atoms with van der Waals surface area (Å²) >= 11 is 21.0.